The lowest BCUT2D eigenvalue weighted by atomic mass is 9.97. The zero-order chi connectivity index (χ0) is 72.7. The molecule has 0 heterocycles. The highest BCUT2D eigenvalue weighted by Gasteiger charge is 2.19. The van der Waals surface area contributed by atoms with E-state index in [2.05, 4.69) is 38.1 Å². The minimum atomic E-state index is -0.457. The van der Waals surface area contributed by atoms with Gasteiger partial charge in [-0.1, -0.05) is 157 Å². The molecule has 0 aliphatic heterocycles. The van der Waals surface area contributed by atoms with Gasteiger partial charge in [0.05, 0.1) is 16.7 Å². The van der Waals surface area contributed by atoms with Crippen molar-refractivity contribution in [2.24, 2.45) is 0 Å². The third-order valence-electron chi connectivity index (χ3n) is 15.6. The Morgan fingerprint density at radius 1 is 0.206 bits per heavy atom. The number of aryl methyl sites for hydroxylation is 5. The average molecular weight is 1360 g/mol. The van der Waals surface area contributed by atoms with Crippen molar-refractivity contribution in [3.8, 4) is 90.9 Å². The van der Waals surface area contributed by atoms with Crippen molar-refractivity contribution in [2.45, 2.75) is 42.0 Å². The maximum Gasteiger partial charge on any atom is 0.200 e. The zero-order valence-corrected chi connectivity index (χ0v) is 55.9. The van der Waals surface area contributed by atoms with Crippen molar-refractivity contribution >= 4 is 23.1 Å². The van der Waals surface area contributed by atoms with Crippen LogP contribution in [-0.4, -0.2) is 74.2 Å². The largest absolute Gasteiger partial charge is 0.508 e. The van der Waals surface area contributed by atoms with Crippen LogP contribution >= 0.6 is 0 Å². The van der Waals surface area contributed by atoms with E-state index in [1.807, 2.05) is 81.4 Å². The number of phenols is 10. The molecule has 0 aliphatic carbocycles. The fourth-order valence-corrected chi connectivity index (χ4v) is 9.77. The maximum atomic E-state index is 12.6. The highest BCUT2D eigenvalue weighted by Crippen LogP contribution is 2.34. The first-order valence-electron chi connectivity index (χ1n) is 31.7. The van der Waals surface area contributed by atoms with Crippen LogP contribution in [0.3, 0.4) is 0 Å². The summed E-state index contributed by atoms with van der Waals surface area (Å²) in [5.74, 6) is -0.288. The van der Waals surface area contributed by atoms with Gasteiger partial charge in [-0.3, -0.25) is 19.2 Å². The predicted molar refractivity (Wildman–Crippen MR) is 402 cm³/mol. The lowest BCUT2D eigenvalue weighted by Gasteiger charge is -2.09. The summed E-state index contributed by atoms with van der Waals surface area (Å²) in [6.07, 6.45) is 0. The number of carbonyl (C=O) groups excluding carboxylic acids is 4. The van der Waals surface area contributed by atoms with Gasteiger partial charge in [0, 0.05) is 33.4 Å². The van der Waals surface area contributed by atoms with Crippen molar-refractivity contribution in [2.75, 3.05) is 0 Å². The summed E-state index contributed by atoms with van der Waals surface area (Å²) in [7, 11) is 0. The van der Waals surface area contributed by atoms with Crippen molar-refractivity contribution in [1.82, 2.24) is 0 Å². The molecule has 0 saturated carbocycles. The van der Waals surface area contributed by atoms with Crippen LogP contribution in [0.4, 0.5) is 0 Å². The average Bonchev–Trinajstić information content (AvgIpc) is 0.822. The van der Waals surface area contributed by atoms with E-state index in [-0.39, 0.29) is 93.2 Å². The van der Waals surface area contributed by atoms with Gasteiger partial charge < -0.3 is 51.1 Å². The molecular weight excluding hydrogens is 1280 g/mol. The Bertz CT molecular complexity index is 4780. The van der Waals surface area contributed by atoms with Crippen LogP contribution in [0.15, 0.2) is 297 Å². The van der Waals surface area contributed by atoms with E-state index < -0.39 is 5.78 Å². The summed E-state index contributed by atoms with van der Waals surface area (Å²) >= 11 is 0. The first-order chi connectivity index (χ1) is 48.4. The fourth-order valence-electron chi connectivity index (χ4n) is 9.77. The van der Waals surface area contributed by atoms with Crippen LogP contribution in [0.2, 0.25) is 0 Å². The summed E-state index contributed by atoms with van der Waals surface area (Å²) in [6.45, 7) is 10.2. The van der Waals surface area contributed by atoms with Gasteiger partial charge in [0.15, 0.2) is 23.1 Å². The first kappa shape index (κ1) is 75.9. The van der Waals surface area contributed by atoms with Gasteiger partial charge in [0.25, 0.3) is 0 Å². The van der Waals surface area contributed by atoms with Gasteiger partial charge in [-0.25, -0.2) is 0 Å². The van der Waals surface area contributed by atoms with Crippen LogP contribution < -0.4 is 0 Å². The van der Waals surface area contributed by atoms with Gasteiger partial charge >= 0.3 is 0 Å². The number of benzene rings is 13. The van der Waals surface area contributed by atoms with E-state index in [1.165, 1.54) is 108 Å². The van der Waals surface area contributed by atoms with E-state index in [4.69, 9.17) is 15.3 Å². The highest BCUT2D eigenvalue weighted by molar-refractivity contribution is 6.13. The second-order valence-electron chi connectivity index (χ2n) is 23.5. The number of carbonyl (C=O) groups is 4. The Kier molecular flexibility index (Phi) is 27.0. The van der Waals surface area contributed by atoms with Gasteiger partial charge in [-0.15, -0.1) is 0 Å². The molecule has 0 radical (unpaired) electrons. The molecule has 13 rings (SSSR count). The SMILES string of the molecule is C.Cc1ccc(-c2cc(C(=O)c3ccc(O)cc3)ccc2O)cc1.Cc1ccc(-c2ccc(O)c(C(=O)c3ccc(O)cc3)c2)cc1.Cc1ccc(C)cc1.Cc1ccc(O)cc1.O=C(c1ccc(O)cc1)c1ccc(O)cc1.O=C(c1ccccc1O)c1cc(-c2ccc(O)cc2)ccc1O. The van der Waals surface area contributed by atoms with Crippen LogP contribution in [0.25, 0.3) is 33.4 Å². The first-order valence-corrected chi connectivity index (χ1v) is 31.7. The molecule has 102 heavy (non-hydrogen) atoms. The fraction of sp³-hybridized carbons (Fsp3) is 0.0682. The Balaban J connectivity index is 0.000000178. The molecular formula is C88H78O14. The number of hydrogen-bond donors (Lipinski definition) is 10. The molecule has 0 fully saturated rings. The third kappa shape index (κ3) is 21.8. The van der Waals surface area contributed by atoms with Crippen LogP contribution in [-0.2, 0) is 0 Å². The quantitative estimate of drug-likeness (QED) is 0.0540. The second kappa shape index (κ2) is 36.2. The standard InChI is InChI=1S/2C20H16O3.C19H14O4.C13H10O3.C8H10.C7H8O.CH4/c1-13-2-4-14(5-3-13)18-12-16(8-11-19(18)22)20(23)15-6-9-17(21)10-7-15;1-13-2-4-14(5-3-13)16-8-11-19(22)18(12-16)20(23)15-6-9-17(21)10-7-15;20-14-8-5-12(6-9-14)13-7-10-18(22)16(11-13)19(23)15-3-1-2-4-17(15)21;14-11-5-1-9(2-6-11)13(16)10-3-7-12(15)8-4-10;1-7-3-5-8(2)6-4-7;1-6-2-4-7(8)5-3-6;/h2*2-12,21-22H,1H3;1-11,20-22H;1-8,14-15H;3-6H,1-2H3;2-5,8H,1H3;1H4. The van der Waals surface area contributed by atoms with Crippen LogP contribution in [0.5, 0.6) is 57.5 Å². The molecule has 0 saturated heterocycles. The Morgan fingerprint density at radius 2 is 0.451 bits per heavy atom. The van der Waals surface area contributed by atoms with Crippen LogP contribution in [0, 0.1) is 34.6 Å². The Morgan fingerprint density at radius 3 is 0.814 bits per heavy atom. The van der Waals surface area contributed by atoms with Crippen LogP contribution in [0.1, 0.15) is 98.9 Å². The minimum Gasteiger partial charge on any atom is -0.508 e. The normalized spacial score (nSPS) is 10.1. The molecule has 14 nitrogen and oxygen atoms in total. The number of para-hydroxylation sites is 1. The predicted octanol–water partition coefficient (Wildman–Crippen LogP) is 19.3. The smallest absolute Gasteiger partial charge is 0.200 e. The van der Waals surface area contributed by atoms with Crippen molar-refractivity contribution in [3.63, 3.8) is 0 Å². The molecule has 0 bridgehead atoms. The van der Waals surface area contributed by atoms with Crippen molar-refractivity contribution in [1.29, 1.82) is 0 Å². The van der Waals surface area contributed by atoms with E-state index in [0.717, 1.165) is 38.9 Å². The highest BCUT2D eigenvalue weighted by atomic mass is 16.3. The van der Waals surface area contributed by atoms with Gasteiger partial charge in [0.2, 0.25) is 0 Å². The van der Waals surface area contributed by atoms with E-state index in [9.17, 15) is 54.9 Å². The molecule has 0 aromatic heterocycles. The molecule has 13 aromatic rings. The molecule has 0 amide bonds. The van der Waals surface area contributed by atoms with Gasteiger partial charge in [0.1, 0.15) is 57.5 Å². The zero-order valence-electron chi connectivity index (χ0n) is 55.9. The second-order valence-corrected chi connectivity index (χ2v) is 23.5. The third-order valence-corrected chi connectivity index (χ3v) is 15.6. The lowest BCUT2D eigenvalue weighted by molar-refractivity contribution is 0.102. The number of hydrogen-bond acceptors (Lipinski definition) is 14. The summed E-state index contributed by atoms with van der Waals surface area (Å²) in [5, 5.41) is 94.9. The van der Waals surface area contributed by atoms with E-state index in [0.29, 0.717) is 39.1 Å². The number of aromatic hydroxyl groups is 10. The van der Waals surface area contributed by atoms with Gasteiger partial charge in [-0.05, 0) is 238 Å². The van der Waals surface area contributed by atoms with Crippen molar-refractivity contribution < 1.29 is 70.2 Å². The summed E-state index contributed by atoms with van der Waals surface area (Å²) in [6, 6.07) is 82.8. The Labute approximate surface area is 592 Å². The topological polar surface area (TPSA) is 271 Å². The minimum absolute atomic E-state index is 0. The van der Waals surface area contributed by atoms with E-state index >= 15 is 0 Å². The Hall–Kier alpha value is -13.5. The summed E-state index contributed by atoms with van der Waals surface area (Å²) < 4.78 is 0. The molecule has 0 spiro atoms. The molecule has 0 unspecified atom stereocenters. The number of rotatable bonds is 11. The summed E-state index contributed by atoms with van der Waals surface area (Å²) in [4.78, 5) is 49.6. The molecule has 14 heteroatoms. The molecule has 0 atom stereocenters. The monoisotopic (exact) mass is 1360 g/mol. The summed E-state index contributed by atoms with van der Waals surface area (Å²) in [5.41, 5.74) is 13.8. The van der Waals surface area contributed by atoms with Gasteiger partial charge in [-0.2, -0.15) is 0 Å². The van der Waals surface area contributed by atoms with E-state index in [1.54, 1.807) is 121 Å². The van der Waals surface area contributed by atoms with Crippen molar-refractivity contribution in [3.05, 3.63) is 370 Å². The maximum absolute atomic E-state index is 12.6. The lowest BCUT2D eigenvalue weighted by Crippen LogP contribution is -2.02. The molecule has 10 N–H and O–H groups in total. The molecule has 0 aliphatic rings. The molecule has 514 valence electrons. The number of phenolic OH excluding ortho intramolecular Hbond substituents is 10. The number of ketones is 4. The molecule has 13 aromatic carbocycles.